The summed E-state index contributed by atoms with van der Waals surface area (Å²) in [5, 5.41) is 14.3. The van der Waals surface area contributed by atoms with Gasteiger partial charge in [0.1, 0.15) is 19.0 Å². The highest BCUT2D eigenvalue weighted by Gasteiger charge is 2.22. The summed E-state index contributed by atoms with van der Waals surface area (Å²) in [6, 6.07) is 0.515. The lowest BCUT2D eigenvalue weighted by Crippen LogP contribution is -2.47. The first-order valence-corrected chi connectivity index (χ1v) is 10.4. The lowest BCUT2D eigenvalue weighted by Gasteiger charge is -2.25. The Morgan fingerprint density at radius 2 is 2.04 bits per heavy atom. The number of hydrogen-bond donors (Lipinski definition) is 3. The zero-order valence-corrected chi connectivity index (χ0v) is 17.0. The van der Waals surface area contributed by atoms with Crippen LogP contribution >= 0.6 is 0 Å². The van der Waals surface area contributed by atoms with Crippen molar-refractivity contribution in [3.8, 4) is 0 Å². The molecule has 1 unspecified atom stereocenters. The van der Waals surface area contributed by atoms with Crippen molar-refractivity contribution in [3.05, 3.63) is 11.6 Å². The first-order chi connectivity index (χ1) is 13.7. The van der Waals surface area contributed by atoms with E-state index in [9.17, 15) is 4.79 Å². The third kappa shape index (κ3) is 5.92. The Morgan fingerprint density at radius 1 is 1.21 bits per heavy atom. The van der Waals surface area contributed by atoms with E-state index in [1.165, 1.54) is 19.3 Å². The molecule has 1 aliphatic carbocycles. The van der Waals surface area contributed by atoms with Crippen molar-refractivity contribution in [2.24, 2.45) is 4.99 Å². The van der Waals surface area contributed by atoms with E-state index in [1.807, 2.05) is 11.6 Å². The molecule has 0 saturated heterocycles. The predicted molar refractivity (Wildman–Crippen MR) is 107 cm³/mol. The molecule has 1 aromatic heterocycles. The molecule has 3 rings (SSSR count). The third-order valence-electron chi connectivity index (χ3n) is 5.21. The molecule has 0 bridgehead atoms. The van der Waals surface area contributed by atoms with Crippen LogP contribution in [0.25, 0.3) is 0 Å². The standard InChI is InChI=1S/C19H33N7O2/c1-3-20-19(21-11-18(27)22-14-7-5-4-6-8-14)23-15-9-10-17-24-16(13-28-2)25-26(17)12-15/h14-15H,3-13H2,1-2H3,(H,22,27)(H2,20,21,23). The molecule has 2 aliphatic rings. The molecule has 1 atom stereocenters. The van der Waals surface area contributed by atoms with Gasteiger partial charge in [0.2, 0.25) is 5.91 Å². The predicted octanol–water partition coefficient (Wildman–Crippen LogP) is 0.743. The average molecular weight is 392 g/mol. The zero-order valence-electron chi connectivity index (χ0n) is 17.0. The minimum Gasteiger partial charge on any atom is -0.377 e. The highest BCUT2D eigenvalue weighted by molar-refractivity contribution is 5.85. The average Bonchev–Trinajstić information content (AvgIpc) is 3.09. The lowest BCUT2D eigenvalue weighted by molar-refractivity contribution is -0.120. The van der Waals surface area contributed by atoms with Crippen LogP contribution in [0.2, 0.25) is 0 Å². The maximum absolute atomic E-state index is 12.2. The Morgan fingerprint density at radius 3 is 2.79 bits per heavy atom. The van der Waals surface area contributed by atoms with E-state index in [0.29, 0.717) is 18.6 Å². The number of carbonyl (C=O) groups is 1. The maximum Gasteiger partial charge on any atom is 0.242 e. The fourth-order valence-corrected chi connectivity index (χ4v) is 3.85. The second kappa shape index (κ2) is 10.4. The zero-order chi connectivity index (χ0) is 19.8. The number of nitrogens with one attached hydrogen (secondary N) is 3. The largest absolute Gasteiger partial charge is 0.377 e. The van der Waals surface area contributed by atoms with Crippen molar-refractivity contribution in [2.75, 3.05) is 20.2 Å². The quantitative estimate of drug-likeness (QED) is 0.468. The Kier molecular flexibility index (Phi) is 7.64. The van der Waals surface area contributed by atoms with Gasteiger partial charge in [0.25, 0.3) is 0 Å². The van der Waals surface area contributed by atoms with Gasteiger partial charge in [0, 0.05) is 32.2 Å². The van der Waals surface area contributed by atoms with Crippen molar-refractivity contribution in [3.63, 3.8) is 0 Å². The summed E-state index contributed by atoms with van der Waals surface area (Å²) in [5.41, 5.74) is 0. The Hall–Kier alpha value is -2.16. The number of ether oxygens (including phenoxy) is 1. The van der Waals surface area contributed by atoms with Crippen LogP contribution in [0.4, 0.5) is 0 Å². The molecule has 28 heavy (non-hydrogen) atoms. The number of hydrogen-bond acceptors (Lipinski definition) is 5. The number of carbonyl (C=O) groups excluding carboxylic acids is 1. The summed E-state index contributed by atoms with van der Waals surface area (Å²) in [7, 11) is 1.65. The van der Waals surface area contributed by atoms with Crippen LogP contribution in [0.3, 0.4) is 0 Å². The fourth-order valence-electron chi connectivity index (χ4n) is 3.85. The molecule has 1 saturated carbocycles. The second-order valence-electron chi connectivity index (χ2n) is 7.54. The SMILES string of the molecule is CCNC(=NCC(=O)NC1CCCCC1)NC1CCc2nc(COC)nn2C1. The van der Waals surface area contributed by atoms with Gasteiger partial charge in [-0.15, -0.1) is 0 Å². The first-order valence-electron chi connectivity index (χ1n) is 10.4. The summed E-state index contributed by atoms with van der Waals surface area (Å²) < 4.78 is 7.06. The van der Waals surface area contributed by atoms with E-state index >= 15 is 0 Å². The van der Waals surface area contributed by atoms with Crippen LogP contribution in [0, 0.1) is 0 Å². The summed E-state index contributed by atoms with van der Waals surface area (Å²) in [5.74, 6) is 2.39. The smallest absolute Gasteiger partial charge is 0.242 e. The molecular weight excluding hydrogens is 358 g/mol. The molecule has 0 spiro atoms. The number of methoxy groups -OCH3 is 1. The summed E-state index contributed by atoms with van der Waals surface area (Å²) in [6.07, 6.45) is 7.66. The van der Waals surface area contributed by atoms with E-state index in [4.69, 9.17) is 4.74 Å². The highest BCUT2D eigenvalue weighted by atomic mass is 16.5. The summed E-state index contributed by atoms with van der Waals surface area (Å²) in [6.45, 7) is 4.07. The number of aliphatic imine (C=N–C) groups is 1. The molecule has 1 aliphatic heterocycles. The summed E-state index contributed by atoms with van der Waals surface area (Å²) >= 11 is 0. The topological polar surface area (TPSA) is 105 Å². The third-order valence-corrected chi connectivity index (χ3v) is 5.21. The van der Waals surface area contributed by atoms with Gasteiger partial charge in [0.15, 0.2) is 11.8 Å². The molecule has 156 valence electrons. The van der Waals surface area contributed by atoms with Gasteiger partial charge in [-0.2, -0.15) is 5.10 Å². The highest BCUT2D eigenvalue weighted by Crippen LogP contribution is 2.17. The van der Waals surface area contributed by atoms with Gasteiger partial charge in [0.05, 0.1) is 6.54 Å². The van der Waals surface area contributed by atoms with Crippen LogP contribution in [-0.4, -0.2) is 58.9 Å². The van der Waals surface area contributed by atoms with Crippen molar-refractivity contribution in [1.82, 2.24) is 30.7 Å². The van der Waals surface area contributed by atoms with E-state index in [0.717, 1.165) is 50.4 Å². The van der Waals surface area contributed by atoms with E-state index in [2.05, 4.69) is 31.0 Å². The number of rotatable bonds is 7. The molecule has 3 N–H and O–H groups in total. The Bertz CT molecular complexity index is 667. The minimum absolute atomic E-state index is 0.00415. The molecule has 9 nitrogen and oxygen atoms in total. The van der Waals surface area contributed by atoms with E-state index < -0.39 is 0 Å². The van der Waals surface area contributed by atoms with Crippen molar-refractivity contribution < 1.29 is 9.53 Å². The summed E-state index contributed by atoms with van der Waals surface area (Å²) in [4.78, 5) is 21.2. The monoisotopic (exact) mass is 391 g/mol. The normalized spacial score (nSPS) is 20.5. The molecule has 1 amide bonds. The fraction of sp³-hybridized carbons (Fsp3) is 0.789. The van der Waals surface area contributed by atoms with Gasteiger partial charge in [-0.3, -0.25) is 4.79 Å². The van der Waals surface area contributed by atoms with Gasteiger partial charge in [-0.25, -0.2) is 14.7 Å². The van der Waals surface area contributed by atoms with E-state index in [-0.39, 0.29) is 18.5 Å². The lowest BCUT2D eigenvalue weighted by atomic mass is 9.95. The van der Waals surface area contributed by atoms with Crippen molar-refractivity contribution in [1.29, 1.82) is 0 Å². The number of guanidine groups is 1. The number of aromatic nitrogens is 3. The molecule has 0 radical (unpaired) electrons. The first kappa shape index (κ1) is 20.6. The molecule has 1 aromatic rings. The number of aryl methyl sites for hydroxylation is 1. The molecular formula is C19H33N7O2. The van der Waals surface area contributed by atoms with Gasteiger partial charge < -0.3 is 20.7 Å². The van der Waals surface area contributed by atoms with Crippen molar-refractivity contribution >= 4 is 11.9 Å². The second-order valence-corrected chi connectivity index (χ2v) is 7.54. The van der Waals surface area contributed by atoms with Crippen molar-refractivity contribution in [2.45, 2.75) is 77.1 Å². The molecule has 9 heteroatoms. The number of fused-ring (bicyclic) bond motifs is 1. The Balaban J connectivity index is 1.51. The minimum atomic E-state index is -0.00415. The van der Waals surface area contributed by atoms with Crippen LogP contribution < -0.4 is 16.0 Å². The van der Waals surface area contributed by atoms with Crippen LogP contribution in [0.15, 0.2) is 4.99 Å². The van der Waals surface area contributed by atoms with E-state index in [1.54, 1.807) is 7.11 Å². The van der Waals surface area contributed by atoms with Crippen LogP contribution in [-0.2, 0) is 29.1 Å². The van der Waals surface area contributed by atoms with Gasteiger partial charge in [-0.1, -0.05) is 19.3 Å². The Labute approximate surface area is 166 Å². The van der Waals surface area contributed by atoms with Gasteiger partial charge in [-0.05, 0) is 26.2 Å². The van der Waals surface area contributed by atoms with Crippen LogP contribution in [0.1, 0.15) is 57.1 Å². The molecule has 1 fully saturated rings. The maximum atomic E-state index is 12.2. The molecule has 2 heterocycles. The molecule has 0 aromatic carbocycles. The van der Waals surface area contributed by atoms with Crippen LogP contribution in [0.5, 0.6) is 0 Å². The van der Waals surface area contributed by atoms with Gasteiger partial charge >= 0.3 is 0 Å². The number of nitrogens with zero attached hydrogens (tertiary/aromatic N) is 4. The number of amides is 1.